The SMILES string of the molecule is COC(=O)c1cc(C#N)cc(C=O)c1OC. The number of nitrogens with zero attached hydrogens (tertiary/aromatic N) is 1. The fraction of sp³-hybridized carbons (Fsp3) is 0.182. The molecule has 0 amide bonds. The van der Waals surface area contributed by atoms with Gasteiger partial charge in [0.15, 0.2) is 6.29 Å². The lowest BCUT2D eigenvalue weighted by molar-refractivity contribution is 0.0597. The number of carbonyl (C=O) groups is 2. The number of ether oxygens (including phenoxy) is 2. The quantitative estimate of drug-likeness (QED) is 0.563. The highest BCUT2D eigenvalue weighted by Gasteiger charge is 2.17. The van der Waals surface area contributed by atoms with Crippen LogP contribution in [-0.2, 0) is 4.74 Å². The number of aldehydes is 1. The lowest BCUT2D eigenvalue weighted by Crippen LogP contribution is -2.06. The maximum Gasteiger partial charge on any atom is 0.341 e. The van der Waals surface area contributed by atoms with Gasteiger partial charge in [-0.05, 0) is 12.1 Å². The van der Waals surface area contributed by atoms with E-state index in [1.54, 1.807) is 0 Å². The molecular formula is C11H9NO4. The summed E-state index contributed by atoms with van der Waals surface area (Å²) in [4.78, 5) is 22.2. The van der Waals surface area contributed by atoms with E-state index >= 15 is 0 Å². The van der Waals surface area contributed by atoms with Gasteiger partial charge in [0, 0.05) is 0 Å². The van der Waals surface area contributed by atoms with E-state index in [-0.39, 0.29) is 22.4 Å². The summed E-state index contributed by atoms with van der Waals surface area (Å²) in [5.41, 5.74) is 0.399. The molecular weight excluding hydrogens is 210 g/mol. The van der Waals surface area contributed by atoms with Gasteiger partial charge in [-0.15, -0.1) is 0 Å². The highest BCUT2D eigenvalue weighted by atomic mass is 16.5. The second kappa shape index (κ2) is 4.94. The molecule has 82 valence electrons. The van der Waals surface area contributed by atoms with Crippen molar-refractivity contribution in [1.29, 1.82) is 5.26 Å². The van der Waals surface area contributed by atoms with Crippen molar-refractivity contribution >= 4 is 12.3 Å². The molecule has 1 rings (SSSR count). The predicted molar refractivity (Wildman–Crippen MR) is 54.4 cm³/mol. The van der Waals surface area contributed by atoms with Gasteiger partial charge in [-0.2, -0.15) is 5.26 Å². The van der Waals surface area contributed by atoms with Crippen molar-refractivity contribution < 1.29 is 19.1 Å². The van der Waals surface area contributed by atoms with E-state index in [0.29, 0.717) is 6.29 Å². The first kappa shape index (κ1) is 11.7. The predicted octanol–water partition coefficient (Wildman–Crippen LogP) is 1.17. The van der Waals surface area contributed by atoms with Crippen molar-refractivity contribution in [2.24, 2.45) is 0 Å². The summed E-state index contributed by atoms with van der Waals surface area (Å²) in [7, 11) is 2.54. The van der Waals surface area contributed by atoms with E-state index in [2.05, 4.69) is 4.74 Å². The molecule has 0 unspecified atom stereocenters. The minimum absolute atomic E-state index is 0.0613. The van der Waals surface area contributed by atoms with Crippen LogP contribution < -0.4 is 4.74 Å². The topological polar surface area (TPSA) is 76.4 Å². The van der Waals surface area contributed by atoms with Crippen molar-refractivity contribution in [2.45, 2.75) is 0 Å². The molecule has 0 atom stereocenters. The molecule has 0 heterocycles. The van der Waals surface area contributed by atoms with E-state index < -0.39 is 5.97 Å². The summed E-state index contributed by atoms with van der Waals surface area (Å²) >= 11 is 0. The van der Waals surface area contributed by atoms with Crippen LogP contribution >= 0.6 is 0 Å². The maximum absolute atomic E-state index is 11.4. The third kappa shape index (κ3) is 2.01. The molecule has 0 bridgehead atoms. The van der Waals surface area contributed by atoms with Crippen LogP contribution in [0.4, 0.5) is 0 Å². The molecule has 16 heavy (non-hydrogen) atoms. The maximum atomic E-state index is 11.4. The largest absolute Gasteiger partial charge is 0.495 e. The van der Waals surface area contributed by atoms with Crippen molar-refractivity contribution in [2.75, 3.05) is 14.2 Å². The van der Waals surface area contributed by atoms with Gasteiger partial charge in [0.25, 0.3) is 0 Å². The van der Waals surface area contributed by atoms with E-state index in [9.17, 15) is 9.59 Å². The summed E-state index contributed by atoms with van der Waals surface area (Å²) in [6.45, 7) is 0. The van der Waals surface area contributed by atoms with Gasteiger partial charge in [0.05, 0.1) is 31.4 Å². The van der Waals surface area contributed by atoms with Crippen molar-refractivity contribution in [3.05, 3.63) is 28.8 Å². The number of hydrogen-bond donors (Lipinski definition) is 0. The van der Waals surface area contributed by atoms with E-state index in [0.717, 1.165) is 0 Å². The minimum Gasteiger partial charge on any atom is -0.495 e. The van der Waals surface area contributed by atoms with Crippen LogP contribution in [0.2, 0.25) is 0 Å². The molecule has 1 aromatic rings. The summed E-state index contributed by atoms with van der Waals surface area (Å²) in [6.07, 6.45) is 0.520. The highest BCUT2D eigenvalue weighted by Crippen LogP contribution is 2.25. The monoisotopic (exact) mass is 219 g/mol. The first-order valence-electron chi connectivity index (χ1n) is 4.33. The average molecular weight is 219 g/mol. The van der Waals surface area contributed by atoms with Crippen LogP contribution in [0.25, 0.3) is 0 Å². The zero-order chi connectivity index (χ0) is 12.1. The lowest BCUT2D eigenvalue weighted by atomic mass is 10.1. The first-order chi connectivity index (χ1) is 7.67. The second-order valence-corrected chi connectivity index (χ2v) is 2.87. The molecule has 0 radical (unpaired) electrons. The second-order valence-electron chi connectivity index (χ2n) is 2.87. The number of hydrogen-bond acceptors (Lipinski definition) is 5. The van der Waals surface area contributed by atoms with Crippen LogP contribution in [0.5, 0.6) is 5.75 Å². The normalized spacial score (nSPS) is 9.06. The first-order valence-corrected chi connectivity index (χ1v) is 4.33. The Bertz CT molecular complexity index is 474. The number of methoxy groups -OCH3 is 2. The molecule has 0 aliphatic heterocycles. The van der Waals surface area contributed by atoms with Gasteiger partial charge >= 0.3 is 5.97 Å². The summed E-state index contributed by atoms with van der Waals surface area (Å²) in [5.74, 6) is -0.544. The van der Waals surface area contributed by atoms with E-state index in [4.69, 9.17) is 10.00 Å². The number of rotatable bonds is 3. The Morgan fingerprint density at radius 1 is 1.44 bits per heavy atom. The Balaban J connectivity index is 3.50. The highest BCUT2D eigenvalue weighted by molar-refractivity contribution is 5.97. The van der Waals surface area contributed by atoms with Crippen molar-refractivity contribution in [1.82, 2.24) is 0 Å². The van der Waals surface area contributed by atoms with Gasteiger partial charge in [-0.25, -0.2) is 4.79 Å². The fourth-order valence-electron chi connectivity index (χ4n) is 1.29. The smallest absolute Gasteiger partial charge is 0.341 e. The Labute approximate surface area is 92.2 Å². The molecule has 1 aromatic carbocycles. The van der Waals surface area contributed by atoms with Gasteiger partial charge < -0.3 is 9.47 Å². The Hall–Kier alpha value is -2.35. The zero-order valence-corrected chi connectivity index (χ0v) is 8.81. The number of nitriles is 1. The standard InChI is InChI=1S/C11H9NO4/c1-15-10-8(6-13)3-7(5-12)4-9(10)11(14)16-2/h3-4,6H,1-2H3. The van der Waals surface area contributed by atoms with Gasteiger partial charge in [-0.1, -0.05) is 0 Å². The zero-order valence-electron chi connectivity index (χ0n) is 8.81. The molecule has 5 heteroatoms. The molecule has 0 aromatic heterocycles. The molecule has 0 saturated carbocycles. The summed E-state index contributed by atoms with van der Waals surface area (Å²) < 4.78 is 9.48. The molecule has 0 saturated heterocycles. The minimum atomic E-state index is -0.656. The van der Waals surface area contributed by atoms with Crippen LogP contribution in [-0.4, -0.2) is 26.5 Å². The molecule has 0 spiro atoms. The van der Waals surface area contributed by atoms with Crippen molar-refractivity contribution in [3.8, 4) is 11.8 Å². The molecule has 0 aliphatic carbocycles. The fourth-order valence-corrected chi connectivity index (χ4v) is 1.29. The third-order valence-corrected chi connectivity index (χ3v) is 1.98. The summed E-state index contributed by atoms with van der Waals surface area (Å²) in [5, 5.41) is 8.74. The van der Waals surface area contributed by atoms with E-state index in [1.807, 2.05) is 6.07 Å². The summed E-state index contributed by atoms with van der Waals surface area (Å²) in [6, 6.07) is 4.51. The van der Waals surface area contributed by atoms with Gasteiger partial charge in [0.2, 0.25) is 0 Å². The van der Waals surface area contributed by atoms with Crippen LogP contribution in [0, 0.1) is 11.3 Å². The Kier molecular flexibility index (Phi) is 3.62. The van der Waals surface area contributed by atoms with Gasteiger partial charge in [0.1, 0.15) is 11.3 Å². The van der Waals surface area contributed by atoms with Gasteiger partial charge in [-0.3, -0.25) is 4.79 Å². The third-order valence-electron chi connectivity index (χ3n) is 1.98. The Morgan fingerprint density at radius 2 is 2.12 bits per heavy atom. The van der Waals surface area contributed by atoms with Crippen LogP contribution in [0.15, 0.2) is 12.1 Å². The molecule has 5 nitrogen and oxygen atoms in total. The number of esters is 1. The van der Waals surface area contributed by atoms with Crippen LogP contribution in [0.3, 0.4) is 0 Å². The molecule has 0 N–H and O–H groups in total. The average Bonchev–Trinajstić information content (AvgIpc) is 2.35. The van der Waals surface area contributed by atoms with Crippen molar-refractivity contribution in [3.63, 3.8) is 0 Å². The Morgan fingerprint density at radius 3 is 2.56 bits per heavy atom. The molecule has 0 aliphatic rings. The van der Waals surface area contributed by atoms with E-state index in [1.165, 1.54) is 26.4 Å². The molecule has 0 fully saturated rings. The van der Waals surface area contributed by atoms with Crippen LogP contribution in [0.1, 0.15) is 26.3 Å². The number of benzene rings is 1. The number of carbonyl (C=O) groups excluding carboxylic acids is 2. The lowest BCUT2D eigenvalue weighted by Gasteiger charge is -2.09.